The maximum absolute atomic E-state index is 12.7. The maximum atomic E-state index is 12.7. The molecule has 2 aliphatic heterocycles. The molecular formula is C22H27N3O3S. The van der Waals surface area contributed by atoms with Crippen LogP contribution >= 0.6 is 11.8 Å². The Morgan fingerprint density at radius 3 is 2.62 bits per heavy atom. The zero-order chi connectivity index (χ0) is 19.9. The first-order valence-electron chi connectivity index (χ1n) is 10.0. The lowest BCUT2D eigenvalue weighted by molar-refractivity contribution is -0.0123. The highest BCUT2D eigenvalue weighted by Gasteiger charge is 2.40. The second-order valence-corrected chi connectivity index (χ2v) is 8.45. The van der Waals surface area contributed by atoms with Gasteiger partial charge >= 0.3 is 6.03 Å². The van der Waals surface area contributed by atoms with Gasteiger partial charge in [-0.05, 0) is 36.4 Å². The molecule has 2 aromatic rings. The largest absolute Gasteiger partial charge is 0.455 e. The van der Waals surface area contributed by atoms with Crippen LogP contribution in [0.25, 0.3) is 0 Å². The minimum absolute atomic E-state index is 0.0197. The SMILES string of the molecule is O=C(NCC1(N2CCOCC2)CCSC1)Nc1ccccc1Oc1ccccc1. The molecule has 0 aliphatic carbocycles. The van der Waals surface area contributed by atoms with E-state index in [0.717, 1.165) is 50.0 Å². The molecule has 2 saturated heterocycles. The van der Waals surface area contributed by atoms with Gasteiger partial charge in [0, 0.05) is 30.9 Å². The summed E-state index contributed by atoms with van der Waals surface area (Å²) in [5, 5.41) is 6.05. The van der Waals surface area contributed by atoms with E-state index in [1.54, 1.807) is 0 Å². The van der Waals surface area contributed by atoms with Gasteiger partial charge in [-0.2, -0.15) is 11.8 Å². The highest BCUT2D eigenvalue weighted by Crippen LogP contribution is 2.34. The van der Waals surface area contributed by atoms with Gasteiger partial charge < -0.3 is 20.1 Å². The molecule has 1 atom stereocenters. The molecule has 4 rings (SSSR count). The van der Waals surface area contributed by atoms with Crippen LogP contribution in [0, 0.1) is 0 Å². The van der Waals surface area contributed by atoms with Gasteiger partial charge in [0.05, 0.1) is 18.9 Å². The van der Waals surface area contributed by atoms with Gasteiger partial charge in [-0.25, -0.2) is 4.79 Å². The second kappa shape index (κ2) is 9.52. The van der Waals surface area contributed by atoms with Gasteiger partial charge in [-0.3, -0.25) is 4.90 Å². The van der Waals surface area contributed by atoms with Crippen LogP contribution in [0.3, 0.4) is 0 Å². The maximum Gasteiger partial charge on any atom is 0.319 e. The number of nitrogens with zero attached hydrogens (tertiary/aromatic N) is 1. The first-order valence-corrected chi connectivity index (χ1v) is 11.2. The number of para-hydroxylation sites is 3. The van der Waals surface area contributed by atoms with Crippen molar-refractivity contribution in [3.05, 3.63) is 54.6 Å². The zero-order valence-corrected chi connectivity index (χ0v) is 17.2. The molecule has 2 heterocycles. The van der Waals surface area contributed by atoms with Crippen LogP contribution in [-0.4, -0.2) is 60.8 Å². The topological polar surface area (TPSA) is 62.8 Å². The molecule has 7 heteroatoms. The summed E-state index contributed by atoms with van der Waals surface area (Å²) in [6, 6.07) is 16.8. The number of amides is 2. The summed E-state index contributed by atoms with van der Waals surface area (Å²) in [6.07, 6.45) is 1.09. The molecule has 2 N–H and O–H groups in total. The number of benzene rings is 2. The summed E-state index contributed by atoms with van der Waals surface area (Å²) >= 11 is 1.96. The van der Waals surface area contributed by atoms with Gasteiger partial charge in [0.1, 0.15) is 5.75 Å². The molecule has 6 nitrogen and oxygen atoms in total. The first-order chi connectivity index (χ1) is 14.3. The summed E-state index contributed by atoms with van der Waals surface area (Å²) in [5.41, 5.74) is 0.668. The van der Waals surface area contributed by atoms with Crippen LogP contribution in [0.1, 0.15) is 6.42 Å². The molecule has 2 aromatic carbocycles. The van der Waals surface area contributed by atoms with Crippen molar-refractivity contribution in [3.8, 4) is 11.5 Å². The van der Waals surface area contributed by atoms with Crippen molar-refractivity contribution in [2.24, 2.45) is 0 Å². The number of urea groups is 1. The number of carbonyl (C=O) groups excluding carboxylic acids is 1. The lowest BCUT2D eigenvalue weighted by atomic mass is 9.95. The number of anilines is 1. The highest BCUT2D eigenvalue weighted by atomic mass is 32.2. The number of ether oxygens (including phenoxy) is 2. The van der Waals surface area contributed by atoms with E-state index in [1.165, 1.54) is 0 Å². The molecule has 0 spiro atoms. The van der Waals surface area contributed by atoms with Crippen LogP contribution in [0.5, 0.6) is 11.5 Å². The zero-order valence-electron chi connectivity index (χ0n) is 16.4. The average molecular weight is 414 g/mol. The summed E-state index contributed by atoms with van der Waals surface area (Å²) < 4.78 is 11.4. The molecule has 2 amide bonds. The number of hydrogen-bond acceptors (Lipinski definition) is 5. The Morgan fingerprint density at radius 1 is 1.10 bits per heavy atom. The van der Waals surface area contributed by atoms with Crippen molar-refractivity contribution in [1.82, 2.24) is 10.2 Å². The van der Waals surface area contributed by atoms with Crippen molar-refractivity contribution in [2.75, 3.05) is 49.7 Å². The molecule has 29 heavy (non-hydrogen) atoms. The van der Waals surface area contributed by atoms with E-state index in [1.807, 2.05) is 66.4 Å². The Labute approximate surface area is 175 Å². The lowest BCUT2D eigenvalue weighted by Crippen LogP contribution is -2.59. The Bertz CT molecular complexity index is 806. The fraction of sp³-hybridized carbons (Fsp3) is 0.409. The molecule has 0 aromatic heterocycles. The molecule has 2 aliphatic rings. The third-order valence-electron chi connectivity index (χ3n) is 5.45. The number of morpholine rings is 1. The minimum Gasteiger partial charge on any atom is -0.455 e. The predicted octanol–water partition coefficient (Wildman–Crippen LogP) is 3.81. The molecule has 1 unspecified atom stereocenters. The third-order valence-corrected chi connectivity index (χ3v) is 6.68. The smallest absolute Gasteiger partial charge is 0.319 e. The van der Waals surface area contributed by atoms with E-state index in [0.29, 0.717) is 18.0 Å². The molecule has 2 fully saturated rings. The van der Waals surface area contributed by atoms with Gasteiger partial charge in [0.25, 0.3) is 0 Å². The van der Waals surface area contributed by atoms with E-state index < -0.39 is 0 Å². The number of carbonyl (C=O) groups is 1. The Kier molecular flexibility index (Phi) is 6.59. The van der Waals surface area contributed by atoms with Gasteiger partial charge in [0.2, 0.25) is 0 Å². The van der Waals surface area contributed by atoms with Crippen molar-refractivity contribution < 1.29 is 14.3 Å². The van der Waals surface area contributed by atoms with Crippen LogP contribution < -0.4 is 15.4 Å². The quantitative estimate of drug-likeness (QED) is 0.754. The number of rotatable bonds is 6. The van der Waals surface area contributed by atoms with E-state index in [4.69, 9.17) is 9.47 Å². The summed E-state index contributed by atoms with van der Waals surface area (Å²) in [7, 11) is 0. The van der Waals surface area contributed by atoms with Crippen LogP contribution in [-0.2, 0) is 4.74 Å². The normalized spacial score (nSPS) is 22.2. The lowest BCUT2D eigenvalue weighted by Gasteiger charge is -2.43. The fourth-order valence-corrected chi connectivity index (χ4v) is 5.30. The van der Waals surface area contributed by atoms with E-state index in [2.05, 4.69) is 15.5 Å². The summed E-state index contributed by atoms with van der Waals surface area (Å²) in [6.45, 7) is 4.02. The van der Waals surface area contributed by atoms with Crippen molar-refractivity contribution in [2.45, 2.75) is 12.0 Å². The second-order valence-electron chi connectivity index (χ2n) is 7.35. The van der Waals surface area contributed by atoms with Gasteiger partial charge in [-0.1, -0.05) is 30.3 Å². The van der Waals surface area contributed by atoms with Crippen molar-refractivity contribution in [3.63, 3.8) is 0 Å². The van der Waals surface area contributed by atoms with E-state index >= 15 is 0 Å². The predicted molar refractivity (Wildman–Crippen MR) is 117 cm³/mol. The number of thioether (sulfide) groups is 1. The number of nitrogens with one attached hydrogen (secondary N) is 2. The van der Waals surface area contributed by atoms with Crippen molar-refractivity contribution >= 4 is 23.5 Å². The summed E-state index contributed by atoms with van der Waals surface area (Å²) in [4.78, 5) is 15.2. The average Bonchev–Trinajstić information content (AvgIpc) is 3.25. The van der Waals surface area contributed by atoms with E-state index in [9.17, 15) is 4.79 Å². The van der Waals surface area contributed by atoms with Crippen LogP contribution in [0.15, 0.2) is 54.6 Å². The monoisotopic (exact) mass is 413 g/mol. The minimum atomic E-state index is -0.210. The third kappa shape index (κ3) is 5.04. The van der Waals surface area contributed by atoms with Gasteiger partial charge in [0.15, 0.2) is 5.75 Å². The molecule has 0 radical (unpaired) electrons. The number of hydrogen-bond donors (Lipinski definition) is 2. The summed E-state index contributed by atoms with van der Waals surface area (Å²) in [5.74, 6) is 3.53. The van der Waals surface area contributed by atoms with Crippen molar-refractivity contribution in [1.29, 1.82) is 0 Å². The van der Waals surface area contributed by atoms with Crippen LogP contribution in [0.4, 0.5) is 10.5 Å². The Balaban J connectivity index is 1.38. The Morgan fingerprint density at radius 2 is 1.86 bits per heavy atom. The van der Waals surface area contributed by atoms with Gasteiger partial charge in [-0.15, -0.1) is 0 Å². The Hall–Kier alpha value is -2.22. The standard InChI is InChI=1S/C22H27N3O3S/c26-21(23-16-22(10-15-29-17-22)25-11-13-27-14-12-25)24-19-8-4-5-9-20(19)28-18-6-2-1-3-7-18/h1-9H,10-17H2,(H2,23,24,26). The molecule has 0 bridgehead atoms. The molecule has 0 saturated carbocycles. The highest BCUT2D eigenvalue weighted by molar-refractivity contribution is 7.99. The fourth-order valence-electron chi connectivity index (χ4n) is 3.82. The molecular weight excluding hydrogens is 386 g/mol. The molecule has 154 valence electrons. The van der Waals surface area contributed by atoms with E-state index in [-0.39, 0.29) is 11.6 Å². The van der Waals surface area contributed by atoms with Crippen LogP contribution in [0.2, 0.25) is 0 Å². The first kappa shape index (κ1) is 20.1.